The highest BCUT2D eigenvalue weighted by Crippen LogP contribution is 2.76. The maximum absolute atomic E-state index is 14.2. The second-order valence-corrected chi connectivity index (χ2v) is 13.0. The molecule has 4 saturated carbocycles. The van der Waals surface area contributed by atoms with E-state index in [1.165, 1.54) is 0 Å². The Hall–Kier alpha value is -1.49. The molecule has 0 amide bonds. The van der Waals surface area contributed by atoms with Crippen LogP contribution in [0.1, 0.15) is 92.4 Å². The van der Waals surface area contributed by atoms with E-state index >= 15 is 0 Å². The molecule has 0 aromatic heterocycles. The Morgan fingerprint density at radius 3 is 2.59 bits per heavy atom. The van der Waals surface area contributed by atoms with Gasteiger partial charge >= 0.3 is 5.97 Å². The van der Waals surface area contributed by atoms with Crippen LogP contribution >= 0.6 is 0 Å². The largest absolute Gasteiger partial charge is 0.478 e. The molecule has 1 saturated heterocycles. The third-order valence-electron chi connectivity index (χ3n) is 12.1. The number of ketones is 2. The van der Waals surface area contributed by atoms with E-state index in [1.807, 2.05) is 13.0 Å². The first-order valence-electron chi connectivity index (χ1n) is 13.5. The van der Waals surface area contributed by atoms with Gasteiger partial charge in [0.15, 0.2) is 0 Å². The molecule has 2 bridgehead atoms. The van der Waals surface area contributed by atoms with Gasteiger partial charge in [-0.05, 0) is 80.5 Å². The molecule has 1 N–H and O–H groups in total. The molecule has 1 spiro atoms. The van der Waals surface area contributed by atoms with Crippen molar-refractivity contribution in [3.63, 3.8) is 0 Å². The molecule has 4 aliphatic carbocycles. The first kappa shape index (κ1) is 24.2. The number of rotatable bonds is 5. The van der Waals surface area contributed by atoms with E-state index in [9.17, 15) is 14.4 Å². The van der Waals surface area contributed by atoms with Crippen LogP contribution in [0.5, 0.6) is 0 Å². The fourth-order valence-corrected chi connectivity index (χ4v) is 10.0. The summed E-state index contributed by atoms with van der Waals surface area (Å²) in [6, 6.07) is 0. The van der Waals surface area contributed by atoms with Crippen LogP contribution in [0.3, 0.4) is 0 Å². The Kier molecular flexibility index (Phi) is 5.52. The van der Waals surface area contributed by atoms with Crippen LogP contribution < -0.4 is 0 Å². The molecule has 1 heterocycles. The monoisotopic (exact) mass is 470 g/mol. The minimum absolute atomic E-state index is 0.0380. The van der Waals surface area contributed by atoms with Crippen molar-refractivity contribution in [3.8, 4) is 0 Å². The highest BCUT2D eigenvalue weighted by Gasteiger charge is 2.77. The van der Waals surface area contributed by atoms with Crippen molar-refractivity contribution < 1.29 is 24.2 Å². The molecule has 9 atom stereocenters. The Balaban J connectivity index is 1.43. The van der Waals surface area contributed by atoms with Crippen LogP contribution in [0.25, 0.3) is 0 Å². The molecule has 0 aromatic carbocycles. The van der Waals surface area contributed by atoms with E-state index < -0.39 is 17.0 Å². The molecule has 34 heavy (non-hydrogen) atoms. The quantitative estimate of drug-likeness (QED) is 0.528. The number of hydrogen-bond acceptors (Lipinski definition) is 4. The van der Waals surface area contributed by atoms with Crippen LogP contribution in [-0.2, 0) is 19.1 Å². The number of allylic oxidation sites excluding steroid dienone is 1. The van der Waals surface area contributed by atoms with Gasteiger partial charge in [-0.2, -0.15) is 0 Å². The first-order chi connectivity index (χ1) is 15.9. The van der Waals surface area contributed by atoms with Gasteiger partial charge in [0.2, 0.25) is 0 Å². The SMILES string of the molecule is C/C(=C\CC[C@@H](C)[C@H]1CC[C@@]2(C)[C@@H]3CC[C@@]45OC[C@]3(C(=O)C[C@]12C)[C@@H]4CCC(=O)[C@@H]5C)C(=O)O. The van der Waals surface area contributed by atoms with E-state index in [0.717, 1.165) is 44.9 Å². The molecule has 5 aliphatic rings. The van der Waals surface area contributed by atoms with Crippen molar-refractivity contribution >= 4 is 17.5 Å². The molecule has 5 fully saturated rings. The maximum atomic E-state index is 14.2. The third kappa shape index (κ3) is 2.85. The number of fused-ring (bicyclic) bond motifs is 2. The number of carboxylic acid groups (broad SMARTS) is 1. The molecular weight excluding hydrogens is 428 g/mol. The van der Waals surface area contributed by atoms with Gasteiger partial charge in [0.25, 0.3) is 0 Å². The van der Waals surface area contributed by atoms with Crippen molar-refractivity contribution in [3.05, 3.63) is 11.6 Å². The van der Waals surface area contributed by atoms with Gasteiger partial charge in [-0.1, -0.05) is 33.8 Å². The smallest absolute Gasteiger partial charge is 0.330 e. The van der Waals surface area contributed by atoms with Crippen LogP contribution in [-0.4, -0.2) is 34.9 Å². The zero-order valence-corrected chi connectivity index (χ0v) is 21.6. The fourth-order valence-electron chi connectivity index (χ4n) is 10.0. The van der Waals surface area contributed by atoms with Crippen molar-refractivity contribution in [1.29, 1.82) is 0 Å². The van der Waals surface area contributed by atoms with E-state index in [2.05, 4.69) is 20.8 Å². The van der Waals surface area contributed by atoms with Gasteiger partial charge in [-0.25, -0.2) is 4.79 Å². The average Bonchev–Trinajstić information content (AvgIpc) is 3.18. The molecular formula is C29H42O5. The lowest BCUT2D eigenvalue weighted by Gasteiger charge is -2.64. The number of carbonyl (C=O) groups excluding carboxylic acids is 2. The minimum Gasteiger partial charge on any atom is -0.478 e. The summed E-state index contributed by atoms with van der Waals surface area (Å²) in [6.07, 6.45) is 9.80. The van der Waals surface area contributed by atoms with Crippen LogP contribution in [0.4, 0.5) is 0 Å². The van der Waals surface area contributed by atoms with Gasteiger partial charge in [0.05, 0.1) is 17.6 Å². The lowest BCUT2D eigenvalue weighted by Crippen LogP contribution is -2.66. The first-order valence-corrected chi connectivity index (χ1v) is 13.5. The van der Waals surface area contributed by atoms with Crippen LogP contribution in [0.15, 0.2) is 11.6 Å². The number of Topliss-reactive ketones (excluding diaryl/α,β-unsaturated/α-hetero) is 2. The normalized spacial score (nSPS) is 48.8. The predicted molar refractivity (Wildman–Crippen MR) is 129 cm³/mol. The highest BCUT2D eigenvalue weighted by molar-refractivity contribution is 5.90. The fraction of sp³-hybridized carbons (Fsp3) is 0.828. The van der Waals surface area contributed by atoms with E-state index in [-0.39, 0.29) is 22.7 Å². The summed E-state index contributed by atoms with van der Waals surface area (Å²) in [7, 11) is 0. The van der Waals surface area contributed by atoms with E-state index in [0.29, 0.717) is 54.3 Å². The van der Waals surface area contributed by atoms with Gasteiger partial charge in [-0.3, -0.25) is 9.59 Å². The second-order valence-electron chi connectivity index (χ2n) is 13.0. The molecule has 188 valence electrons. The molecule has 5 heteroatoms. The van der Waals surface area contributed by atoms with Crippen LogP contribution in [0, 0.1) is 45.8 Å². The maximum Gasteiger partial charge on any atom is 0.330 e. The topological polar surface area (TPSA) is 80.7 Å². The molecule has 1 aliphatic heterocycles. The Morgan fingerprint density at radius 1 is 1.15 bits per heavy atom. The van der Waals surface area contributed by atoms with Gasteiger partial charge < -0.3 is 9.84 Å². The Bertz CT molecular complexity index is 952. The van der Waals surface area contributed by atoms with Crippen molar-refractivity contribution in [1.82, 2.24) is 0 Å². The standard InChI is InChI=1S/C29H42O5/c1-17(7-6-8-18(2)25(32)33)20-11-13-26(4)22-12-14-29-19(3)21(30)9-10-23(29)28(22,16-34-29)24(31)15-27(20,26)5/h8,17,19-20,22-23H,6-7,9-16H2,1-5H3,(H,32,33)/b18-8+/t17-,19+,20-,22+,23+,26+,27-,28-,29+/m1/s1. The number of ether oxygens (including phenoxy) is 1. The summed E-state index contributed by atoms with van der Waals surface area (Å²) in [5.41, 5.74) is -0.343. The molecule has 5 rings (SSSR count). The van der Waals surface area contributed by atoms with Gasteiger partial charge in [0.1, 0.15) is 11.6 Å². The molecule has 0 radical (unpaired) electrons. The van der Waals surface area contributed by atoms with Crippen LogP contribution in [0.2, 0.25) is 0 Å². The van der Waals surface area contributed by atoms with Gasteiger partial charge in [0, 0.05) is 30.3 Å². The number of carbonyl (C=O) groups is 3. The summed E-state index contributed by atoms with van der Waals surface area (Å²) in [6.45, 7) is 11.4. The van der Waals surface area contributed by atoms with Crippen molar-refractivity contribution in [2.45, 2.75) is 98.0 Å². The Labute approximate surface area is 204 Å². The van der Waals surface area contributed by atoms with Crippen molar-refractivity contribution in [2.24, 2.45) is 45.8 Å². The molecule has 5 nitrogen and oxygen atoms in total. The summed E-state index contributed by atoms with van der Waals surface area (Å²) < 4.78 is 6.58. The molecule has 0 aromatic rings. The number of hydrogen-bond donors (Lipinski definition) is 1. The summed E-state index contributed by atoms with van der Waals surface area (Å²) >= 11 is 0. The predicted octanol–water partition coefficient (Wildman–Crippen LogP) is 5.61. The van der Waals surface area contributed by atoms with Gasteiger partial charge in [-0.15, -0.1) is 0 Å². The average molecular weight is 471 g/mol. The van der Waals surface area contributed by atoms with E-state index in [4.69, 9.17) is 9.84 Å². The lowest BCUT2D eigenvalue weighted by molar-refractivity contribution is -0.184. The summed E-state index contributed by atoms with van der Waals surface area (Å²) in [5.74, 6) is 1.22. The second kappa shape index (κ2) is 7.75. The zero-order valence-electron chi connectivity index (χ0n) is 21.6. The van der Waals surface area contributed by atoms with E-state index in [1.54, 1.807) is 6.92 Å². The minimum atomic E-state index is -0.845. The number of aliphatic carboxylic acids is 1. The molecule has 0 unspecified atom stereocenters. The number of carboxylic acids is 1. The third-order valence-corrected chi connectivity index (χ3v) is 12.1. The highest BCUT2D eigenvalue weighted by atomic mass is 16.5. The Morgan fingerprint density at radius 2 is 1.88 bits per heavy atom. The summed E-state index contributed by atoms with van der Waals surface area (Å²) in [4.78, 5) is 38.0. The lowest BCUT2D eigenvalue weighted by atomic mass is 9.37. The van der Waals surface area contributed by atoms with Crippen molar-refractivity contribution in [2.75, 3.05) is 6.61 Å². The summed E-state index contributed by atoms with van der Waals surface area (Å²) in [5, 5.41) is 9.16. The zero-order chi connectivity index (χ0) is 24.7.